The summed E-state index contributed by atoms with van der Waals surface area (Å²) in [6.45, 7) is 1.42. The molecule has 0 unspecified atom stereocenters. The normalized spacial score (nSPS) is 16.4. The Labute approximate surface area is 138 Å². The summed E-state index contributed by atoms with van der Waals surface area (Å²) in [5, 5.41) is 8.69. The van der Waals surface area contributed by atoms with E-state index < -0.39 is 5.97 Å². The van der Waals surface area contributed by atoms with E-state index in [4.69, 9.17) is 5.11 Å². The van der Waals surface area contributed by atoms with Crippen LogP contribution in [0.3, 0.4) is 0 Å². The maximum atomic E-state index is 12.4. The van der Waals surface area contributed by atoms with Crippen LogP contribution in [0.1, 0.15) is 36.0 Å². The molecule has 0 bridgehead atoms. The van der Waals surface area contributed by atoms with Gasteiger partial charge in [-0.05, 0) is 63.1 Å². The molecular formula is C13H15Br2NO3S. The largest absolute Gasteiger partial charge is 0.481 e. The zero-order valence-corrected chi connectivity index (χ0v) is 14.8. The summed E-state index contributed by atoms with van der Waals surface area (Å²) < 4.78 is 1.78. The van der Waals surface area contributed by atoms with Crippen LogP contribution in [0.2, 0.25) is 0 Å². The Morgan fingerprint density at radius 2 is 2.00 bits per heavy atom. The van der Waals surface area contributed by atoms with Crippen molar-refractivity contribution >= 4 is 55.1 Å². The summed E-state index contributed by atoms with van der Waals surface area (Å²) in [5.74, 6) is -0.265. The second-order valence-corrected chi connectivity index (χ2v) is 8.66. The first-order valence-electron chi connectivity index (χ1n) is 6.43. The number of thiophene rings is 1. The van der Waals surface area contributed by atoms with Gasteiger partial charge in [0, 0.05) is 19.5 Å². The van der Waals surface area contributed by atoms with Crippen LogP contribution in [-0.2, 0) is 4.79 Å². The first-order valence-corrected chi connectivity index (χ1v) is 8.83. The van der Waals surface area contributed by atoms with E-state index in [1.807, 2.05) is 11.0 Å². The lowest BCUT2D eigenvalue weighted by Crippen LogP contribution is -2.38. The smallest absolute Gasteiger partial charge is 0.303 e. The molecule has 0 saturated carbocycles. The molecule has 1 saturated heterocycles. The SMILES string of the molecule is O=C(O)CCC1CCN(C(=O)c2cc(Br)sc2Br)CC1. The van der Waals surface area contributed by atoms with Crippen LogP contribution < -0.4 is 0 Å². The number of carbonyl (C=O) groups is 2. The molecule has 0 aliphatic carbocycles. The first kappa shape index (κ1) is 16.0. The molecule has 0 radical (unpaired) electrons. The Morgan fingerprint density at radius 1 is 1.35 bits per heavy atom. The zero-order valence-electron chi connectivity index (χ0n) is 10.8. The molecule has 0 aromatic carbocycles. The van der Waals surface area contributed by atoms with Crippen LogP contribution in [0.5, 0.6) is 0 Å². The number of rotatable bonds is 4. The van der Waals surface area contributed by atoms with Crippen LogP contribution in [0, 0.1) is 5.92 Å². The molecule has 1 amide bonds. The van der Waals surface area contributed by atoms with Crippen molar-refractivity contribution in [1.29, 1.82) is 0 Å². The minimum absolute atomic E-state index is 0.0514. The lowest BCUT2D eigenvalue weighted by Gasteiger charge is -2.31. The lowest BCUT2D eigenvalue weighted by atomic mass is 9.92. The Morgan fingerprint density at radius 3 is 2.50 bits per heavy atom. The maximum absolute atomic E-state index is 12.4. The van der Waals surface area contributed by atoms with E-state index in [1.165, 1.54) is 11.3 Å². The number of carboxylic acids is 1. The number of hydrogen-bond acceptors (Lipinski definition) is 3. The zero-order chi connectivity index (χ0) is 14.7. The molecular weight excluding hydrogens is 410 g/mol. The number of halogens is 2. The lowest BCUT2D eigenvalue weighted by molar-refractivity contribution is -0.137. The number of amides is 1. The summed E-state index contributed by atoms with van der Waals surface area (Å²) in [6.07, 6.45) is 2.72. The maximum Gasteiger partial charge on any atom is 0.303 e. The van der Waals surface area contributed by atoms with Crippen molar-refractivity contribution in [2.75, 3.05) is 13.1 Å². The van der Waals surface area contributed by atoms with Crippen LogP contribution >= 0.6 is 43.2 Å². The van der Waals surface area contributed by atoms with E-state index in [2.05, 4.69) is 31.9 Å². The Bertz CT molecular complexity index is 510. The summed E-state index contributed by atoms with van der Waals surface area (Å²) in [6, 6.07) is 1.84. The van der Waals surface area contributed by atoms with Crippen LogP contribution in [-0.4, -0.2) is 35.0 Å². The number of hydrogen-bond donors (Lipinski definition) is 1. The number of likely N-dealkylation sites (tertiary alicyclic amines) is 1. The van der Waals surface area contributed by atoms with Crippen molar-refractivity contribution in [3.8, 4) is 0 Å². The molecule has 1 aliphatic heterocycles. The molecule has 0 atom stereocenters. The molecule has 2 heterocycles. The molecule has 1 N–H and O–H groups in total. The standard InChI is InChI=1S/C13H15Br2NO3S/c14-10-7-9(12(15)20-10)13(19)16-5-3-8(4-6-16)1-2-11(17)18/h7-8H,1-6H2,(H,17,18). The van der Waals surface area contributed by atoms with Crippen molar-refractivity contribution in [3.05, 3.63) is 19.2 Å². The fourth-order valence-electron chi connectivity index (χ4n) is 2.41. The van der Waals surface area contributed by atoms with Crippen molar-refractivity contribution < 1.29 is 14.7 Å². The molecule has 0 spiro atoms. The van der Waals surface area contributed by atoms with Gasteiger partial charge < -0.3 is 10.0 Å². The van der Waals surface area contributed by atoms with Crippen molar-refractivity contribution in [1.82, 2.24) is 4.90 Å². The van der Waals surface area contributed by atoms with Gasteiger partial charge in [0.2, 0.25) is 0 Å². The van der Waals surface area contributed by atoms with Gasteiger partial charge >= 0.3 is 5.97 Å². The van der Waals surface area contributed by atoms with Crippen LogP contribution in [0.4, 0.5) is 0 Å². The van der Waals surface area contributed by atoms with Gasteiger partial charge in [0.15, 0.2) is 0 Å². The minimum Gasteiger partial charge on any atom is -0.481 e. The fourth-order valence-corrected chi connectivity index (χ4v) is 5.19. The van der Waals surface area contributed by atoms with Crippen molar-refractivity contribution in [3.63, 3.8) is 0 Å². The topological polar surface area (TPSA) is 57.6 Å². The molecule has 110 valence electrons. The summed E-state index contributed by atoms with van der Waals surface area (Å²) >= 11 is 8.29. The molecule has 1 aliphatic rings. The summed E-state index contributed by atoms with van der Waals surface area (Å²) in [4.78, 5) is 24.8. The predicted octanol–water partition coefficient (Wildman–Crippen LogP) is 3.99. The summed E-state index contributed by atoms with van der Waals surface area (Å²) in [5.41, 5.74) is 0.700. The van der Waals surface area contributed by atoms with Gasteiger partial charge in [-0.25, -0.2) is 0 Å². The molecule has 2 rings (SSSR count). The van der Waals surface area contributed by atoms with E-state index in [9.17, 15) is 9.59 Å². The number of nitrogens with zero attached hydrogens (tertiary/aromatic N) is 1. The number of carbonyl (C=O) groups excluding carboxylic acids is 1. The van der Waals surface area contributed by atoms with Gasteiger partial charge in [0.1, 0.15) is 0 Å². The predicted molar refractivity (Wildman–Crippen MR) is 85.2 cm³/mol. The molecule has 20 heavy (non-hydrogen) atoms. The van der Waals surface area contributed by atoms with Gasteiger partial charge in [-0.3, -0.25) is 9.59 Å². The minimum atomic E-state index is -0.740. The fraction of sp³-hybridized carbons (Fsp3) is 0.538. The molecule has 7 heteroatoms. The second-order valence-electron chi connectivity index (χ2n) is 4.91. The highest BCUT2D eigenvalue weighted by Gasteiger charge is 2.25. The van der Waals surface area contributed by atoms with Gasteiger partial charge in [-0.1, -0.05) is 0 Å². The van der Waals surface area contributed by atoms with E-state index >= 15 is 0 Å². The summed E-state index contributed by atoms with van der Waals surface area (Å²) in [7, 11) is 0. The van der Waals surface area contributed by atoms with Crippen molar-refractivity contribution in [2.24, 2.45) is 5.92 Å². The van der Waals surface area contributed by atoms with E-state index in [0.717, 1.165) is 20.4 Å². The Balaban J connectivity index is 1.89. The number of piperidine rings is 1. The average molecular weight is 425 g/mol. The van der Waals surface area contributed by atoms with E-state index in [1.54, 1.807) is 0 Å². The van der Waals surface area contributed by atoms with Crippen LogP contribution in [0.15, 0.2) is 13.6 Å². The van der Waals surface area contributed by atoms with Crippen LogP contribution in [0.25, 0.3) is 0 Å². The first-order chi connectivity index (χ1) is 9.47. The third kappa shape index (κ3) is 4.05. The number of carboxylic acid groups (broad SMARTS) is 1. The monoisotopic (exact) mass is 423 g/mol. The van der Waals surface area contributed by atoms with Gasteiger partial charge in [0.05, 0.1) is 13.1 Å². The van der Waals surface area contributed by atoms with E-state index in [-0.39, 0.29) is 12.3 Å². The van der Waals surface area contributed by atoms with Crippen molar-refractivity contribution in [2.45, 2.75) is 25.7 Å². The third-order valence-electron chi connectivity index (χ3n) is 3.56. The molecule has 1 aromatic rings. The highest BCUT2D eigenvalue weighted by molar-refractivity contribution is 9.12. The van der Waals surface area contributed by atoms with Gasteiger partial charge in [0.25, 0.3) is 5.91 Å². The molecule has 1 fully saturated rings. The quantitative estimate of drug-likeness (QED) is 0.794. The second kappa shape index (κ2) is 7.04. The van der Waals surface area contributed by atoms with E-state index in [0.29, 0.717) is 31.0 Å². The third-order valence-corrected chi connectivity index (χ3v) is 5.89. The Hall–Kier alpha value is -0.400. The molecule has 1 aromatic heterocycles. The number of aliphatic carboxylic acids is 1. The molecule has 4 nitrogen and oxygen atoms in total. The highest BCUT2D eigenvalue weighted by Crippen LogP contribution is 2.33. The average Bonchev–Trinajstić information content (AvgIpc) is 2.75. The van der Waals surface area contributed by atoms with Gasteiger partial charge in [-0.15, -0.1) is 11.3 Å². The Kier molecular flexibility index (Phi) is 5.63. The van der Waals surface area contributed by atoms with Gasteiger partial charge in [-0.2, -0.15) is 0 Å². The highest BCUT2D eigenvalue weighted by atomic mass is 79.9.